The SMILES string of the molecule is N#CC1([C@H]2CCOC2)CCC1. The summed E-state index contributed by atoms with van der Waals surface area (Å²) in [5, 5.41) is 8.99. The molecule has 60 valence electrons. The fraction of sp³-hybridized carbons (Fsp3) is 0.889. The van der Waals surface area contributed by atoms with Gasteiger partial charge in [-0.05, 0) is 19.3 Å². The molecule has 2 fully saturated rings. The summed E-state index contributed by atoms with van der Waals surface area (Å²) in [4.78, 5) is 0. The van der Waals surface area contributed by atoms with Gasteiger partial charge in [0.15, 0.2) is 0 Å². The van der Waals surface area contributed by atoms with E-state index in [1.807, 2.05) is 0 Å². The Morgan fingerprint density at radius 2 is 2.27 bits per heavy atom. The minimum Gasteiger partial charge on any atom is -0.381 e. The maximum atomic E-state index is 8.99. The standard InChI is InChI=1S/C9H13NO/c10-7-9(3-1-4-9)8-2-5-11-6-8/h8H,1-6H2/t8-/m0/s1. The van der Waals surface area contributed by atoms with Gasteiger partial charge in [0.2, 0.25) is 0 Å². The maximum Gasteiger partial charge on any atom is 0.0693 e. The lowest BCUT2D eigenvalue weighted by atomic mass is 9.62. The van der Waals surface area contributed by atoms with Crippen molar-refractivity contribution in [3.8, 4) is 6.07 Å². The van der Waals surface area contributed by atoms with E-state index < -0.39 is 0 Å². The molecular weight excluding hydrogens is 138 g/mol. The lowest BCUT2D eigenvalue weighted by Gasteiger charge is -2.39. The Hall–Kier alpha value is -0.550. The minimum atomic E-state index is 0.0243. The molecule has 0 bridgehead atoms. The highest BCUT2D eigenvalue weighted by molar-refractivity contribution is 5.08. The Morgan fingerprint density at radius 1 is 1.45 bits per heavy atom. The van der Waals surface area contributed by atoms with Crippen LogP contribution in [0.1, 0.15) is 25.7 Å². The number of ether oxygens (including phenoxy) is 1. The summed E-state index contributed by atoms with van der Waals surface area (Å²) in [6, 6.07) is 2.48. The third-order valence-electron chi connectivity index (χ3n) is 3.18. The highest BCUT2D eigenvalue weighted by Crippen LogP contribution is 2.49. The number of nitriles is 1. The topological polar surface area (TPSA) is 33.0 Å². The maximum absolute atomic E-state index is 8.99. The van der Waals surface area contributed by atoms with Crippen molar-refractivity contribution in [3.05, 3.63) is 0 Å². The Morgan fingerprint density at radius 3 is 2.64 bits per heavy atom. The third kappa shape index (κ3) is 0.954. The quantitative estimate of drug-likeness (QED) is 0.571. The van der Waals surface area contributed by atoms with Crippen molar-refractivity contribution in [2.24, 2.45) is 11.3 Å². The van der Waals surface area contributed by atoms with Crippen molar-refractivity contribution in [3.63, 3.8) is 0 Å². The molecule has 2 nitrogen and oxygen atoms in total. The molecule has 1 aliphatic carbocycles. The summed E-state index contributed by atoms with van der Waals surface area (Å²) >= 11 is 0. The van der Waals surface area contributed by atoms with E-state index in [2.05, 4.69) is 6.07 Å². The van der Waals surface area contributed by atoms with E-state index in [0.29, 0.717) is 5.92 Å². The van der Waals surface area contributed by atoms with Gasteiger partial charge < -0.3 is 4.74 Å². The van der Waals surface area contributed by atoms with Crippen molar-refractivity contribution in [2.75, 3.05) is 13.2 Å². The molecule has 0 amide bonds. The van der Waals surface area contributed by atoms with E-state index in [4.69, 9.17) is 10.00 Å². The number of hydrogen-bond donors (Lipinski definition) is 0. The third-order valence-corrected chi connectivity index (χ3v) is 3.18. The van der Waals surface area contributed by atoms with E-state index in [1.165, 1.54) is 6.42 Å². The lowest BCUT2D eigenvalue weighted by Crippen LogP contribution is -2.36. The molecular formula is C9H13NO. The summed E-state index contributed by atoms with van der Waals surface area (Å²) in [5.74, 6) is 0.543. The number of rotatable bonds is 1. The average Bonchev–Trinajstić information content (AvgIpc) is 2.39. The summed E-state index contributed by atoms with van der Waals surface area (Å²) in [7, 11) is 0. The summed E-state index contributed by atoms with van der Waals surface area (Å²) < 4.78 is 5.29. The van der Waals surface area contributed by atoms with Gasteiger partial charge in [0.1, 0.15) is 0 Å². The zero-order valence-electron chi connectivity index (χ0n) is 6.68. The molecule has 0 aromatic carbocycles. The summed E-state index contributed by atoms with van der Waals surface area (Å²) in [5.41, 5.74) is 0.0243. The Balaban J connectivity index is 2.06. The fourth-order valence-corrected chi connectivity index (χ4v) is 2.14. The van der Waals surface area contributed by atoms with Crippen molar-refractivity contribution in [1.29, 1.82) is 5.26 Å². The molecule has 1 saturated carbocycles. The van der Waals surface area contributed by atoms with Crippen molar-refractivity contribution < 1.29 is 4.74 Å². The van der Waals surface area contributed by atoms with Crippen LogP contribution < -0.4 is 0 Å². The first-order valence-electron chi connectivity index (χ1n) is 4.36. The first-order chi connectivity index (χ1) is 5.37. The van der Waals surface area contributed by atoms with Crippen LogP contribution in [0.3, 0.4) is 0 Å². The Labute approximate surface area is 67.2 Å². The highest BCUT2D eigenvalue weighted by atomic mass is 16.5. The van der Waals surface area contributed by atoms with Crippen LogP contribution in [0.25, 0.3) is 0 Å². The average molecular weight is 151 g/mol. The van der Waals surface area contributed by atoms with E-state index in [-0.39, 0.29) is 5.41 Å². The molecule has 2 rings (SSSR count). The second-order valence-corrected chi connectivity index (χ2v) is 3.68. The molecule has 1 aliphatic heterocycles. The molecule has 0 spiro atoms. The molecule has 1 heterocycles. The van der Waals surface area contributed by atoms with Gasteiger partial charge in [0, 0.05) is 12.5 Å². The zero-order valence-corrected chi connectivity index (χ0v) is 6.68. The van der Waals surface area contributed by atoms with Gasteiger partial charge >= 0.3 is 0 Å². The van der Waals surface area contributed by atoms with Crippen molar-refractivity contribution >= 4 is 0 Å². The summed E-state index contributed by atoms with van der Waals surface area (Å²) in [6.07, 6.45) is 4.56. The lowest BCUT2D eigenvalue weighted by molar-refractivity contribution is 0.0945. The van der Waals surface area contributed by atoms with Crippen LogP contribution in [-0.4, -0.2) is 13.2 Å². The molecule has 0 aromatic rings. The Bertz CT molecular complexity index is 184. The molecule has 0 radical (unpaired) electrons. The van der Waals surface area contributed by atoms with Crippen LogP contribution in [0.4, 0.5) is 0 Å². The van der Waals surface area contributed by atoms with E-state index in [1.54, 1.807) is 0 Å². The van der Waals surface area contributed by atoms with Crippen LogP contribution >= 0.6 is 0 Å². The van der Waals surface area contributed by atoms with Crippen molar-refractivity contribution in [1.82, 2.24) is 0 Å². The second-order valence-electron chi connectivity index (χ2n) is 3.68. The zero-order chi connectivity index (χ0) is 7.73. The van der Waals surface area contributed by atoms with Crippen molar-refractivity contribution in [2.45, 2.75) is 25.7 Å². The van der Waals surface area contributed by atoms with Crippen LogP contribution in [0, 0.1) is 22.7 Å². The van der Waals surface area contributed by atoms with Gasteiger partial charge in [-0.15, -0.1) is 0 Å². The number of hydrogen-bond acceptors (Lipinski definition) is 2. The van der Waals surface area contributed by atoms with Crippen LogP contribution in [-0.2, 0) is 4.74 Å². The molecule has 2 aliphatic rings. The van der Waals surface area contributed by atoms with Crippen LogP contribution in [0.5, 0.6) is 0 Å². The monoisotopic (exact) mass is 151 g/mol. The second kappa shape index (κ2) is 2.49. The van der Waals surface area contributed by atoms with E-state index in [0.717, 1.165) is 32.5 Å². The molecule has 0 N–H and O–H groups in total. The summed E-state index contributed by atoms with van der Waals surface area (Å²) in [6.45, 7) is 1.70. The largest absolute Gasteiger partial charge is 0.381 e. The van der Waals surface area contributed by atoms with Gasteiger partial charge in [0.25, 0.3) is 0 Å². The minimum absolute atomic E-state index is 0.0243. The van der Waals surface area contributed by atoms with Gasteiger partial charge in [-0.2, -0.15) is 5.26 Å². The molecule has 1 atom stereocenters. The fourth-order valence-electron chi connectivity index (χ4n) is 2.14. The molecule has 2 heteroatoms. The Kier molecular flexibility index (Phi) is 1.61. The van der Waals surface area contributed by atoms with Crippen LogP contribution in [0.15, 0.2) is 0 Å². The van der Waals surface area contributed by atoms with Gasteiger partial charge in [0.05, 0.1) is 18.1 Å². The number of nitrogens with zero attached hydrogens (tertiary/aromatic N) is 1. The first kappa shape index (κ1) is 7.12. The smallest absolute Gasteiger partial charge is 0.0693 e. The van der Waals surface area contributed by atoms with Gasteiger partial charge in [-0.1, -0.05) is 6.42 Å². The predicted octanol–water partition coefficient (Wildman–Crippen LogP) is 1.72. The van der Waals surface area contributed by atoms with Crippen LogP contribution in [0.2, 0.25) is 0 Å². The highest BCUT2D eigenvalue weighted by Gasteiger charge is 2.45. The van der Waals surface area contributed by atoms with Gasteiger partial charge in [-0.25, -0.2) is 0 Å². The van der Waals surface area contributed by atoms with E-state index in [9.17, 15) is 0 Å². The van der Waals surface area contributed by atoms with E-state index >= 15 is 0 Å². The predicted molar refractivity (Wildman–Crippen MR) is 40.8 cm³/mol. The molecule has 1 saturated heterocycles. The normalized spacial score (nSPS) is 34.3. The molecule has 0 unspecified atom stereocenters. The molecule has 11 heavy (non-hydrogen) atoms. The van der Waals surface area contributed by atoms with Gasteiger partial charge in [-0.3, -0.25) is 0 Å². The first-order valence-corrected chi connectivity index (χ1v) is 4.36. The molecule has 0 aromatic heterocycles.